The maximum Gasteiger partial charge on any atom is 0.288 e. The van der Waals surface area contributed by atoms with Gasteiger partial charge in [-0.25, -0.2) is 4.98 Å². The Bertz CT molecular complexity index is 1460. The van der Waals surface area contributed by atoms with Crippen molar-refractivity contribution in [2.24, 2.45) is 0 Å². The molecule has 1 fully saturated rings. The van der Waals surface area contributed by atoms with Gasteiger partial charge in [-0.05, 0) is 66.8 Å². The van der Waals surface area contributed by atoms with Gasteiger partial charge in [-0.2, -0.15) is 0 Å². The average Bonchev–Trinajstić information content (AvgIpc) is 2.96. The molecule has 0 radical (unpaired) electrons. The van der Waals surface area contributed by atoms with Crippen LogP contribution < -0.4 is 21.3 Å². The molecular weight excluding hydrogens is 498 g/mol. The number of pyridine rings is 3. The van der Waals surface area contributed by atoms with Gasteiger partial charge in [-0.3, -0.25) is 30.3 Å². The lowest BCUT2D eigenvalue weighted by molar-refractivity contribution is 0.0958. The fourth-order valence-corrected chi connectivity index (χ4v) is 4.92. The van der Waals surface area contributed by atoms with Crippen LogP contribution in [0.1, 0.15) is 28.5 Å². The lowest BCUT2D eigenvalue weighted by Crippen LogP contribution is -2.46. The molecule has 0 atom stereocenters. The van der Waals surface area contributed by atoms with Crippen molar-refractivity contribution in [3.63, 3.8) is 0 Å². The van der Waals surface area contributed by atoms with Crippen LogP contribution in [0.3, 0.4) is 0 Å². The van der Waals surface area contributed by atoms with E-state index in [4.69, 9.17) is 0 Å². The third kappa shape index (κ3) is 5.98. The number of benzene rings is 1. The molecule has 0 spiro atoms. The number of hydrazine groups is 1. The first kappa shape index (κ1) is 25.7. The maximum atomic E-state index is 12.5. The number of nitrogens with zero attached hydrogens (tertiary/aromatic N) is 4. The molecule has 9 nitrogen and oxygen atoms in total. The summed E-state index contributed by atoms with van der Waals surface area (Å²) in [7, 11) is 0. The van der Waals surface area contributed by atoms with Crippen LogP contribution in [0.4, 0.5) is 11.4 Å². The topological polar surface area (TPSA) is 106 Å². The largest absolute Gasteiger partial charge is 0.368 e. The number of aromatic nitrogens is 3. The van der Waals surface area contributed by atoms with Crippen molar-refractivity contribution in [2.45, 2.75) is 24.8 Å². The molecule has 3 aromatic heterocycles. The Balaban J connectivity index is 1.13. The molecule has 1 aromatic carbocycles. The number of rotatable bonds is 8. The Kier molecular flexibility index (Phi) is 7.90. The molecule has 0 bridgehead atoms. The van der Waals surface area contributed by atoms with Gasteiger partial charge < -0.3 is 9.88 Å². The zero-order valence-corrected chi connectivity index (χ0v) is 22.3. The molecule has 5 rings (SSSR count). The second-order valence-corrected chi connectivity index (χ2v) is 10.1. The molecule has 0 unspecified atom stereocenters. The minimum atomic E-state index is -0.286. The Morgan fingerprint density at radius 2 is 1.82 bits per heavy atom. The van der Waals surface area contributed by atoms with E-state index in [2.05, 4.69) is 35.6 Å². The average molecular weight is 530 g/mol. The first-order valence-electron chi connectivity index (χ1n) is 12.7. The van der Waals surface area contributed by atoms with E-state index in [9.17, 15) is 9.59 Å². The molecule has 1 saturated heterocycles. The van der Waals surface area contributed by atoms with Gasteiger partial charge >= 0.3 is 0 Å². The fraction of sp³-hybridized carbons (Fsp3) is 0.286. The van der Waals surface area contributed by atoms with Crippen molar-refractivity contribution in [1.82, 2.24) is 25.3 Å². The van der Waals surface area contributed by atoms with E-state index in [-0.39, 0.29) is 11.5 Å². The summed E-state index contributed by atoms with van der Waals surface area (Å²) >= 11 is 1.67. The Labute approximate surface area is 225 Å². The number of H-pyrrole nitrogens is 1. The molecule has 0 aliphatic carbocycles. The number of hydrogen-bond donors (Lipinski definition) is 3. The lowest BCUT2D eigenvalue weighted by atomic mass is 10.1. The molecule has 1 aliphatic rings. The number of piperazine rings is 1. The van der Waals surface area contributed by atoms with Crippen molar-refractivity contribution in [1.29, 1.82) is 0 Å². The number of amides is 1. The lowest BCUT2D eigenvalue weighted by Gasteiger charge is -2.36. The Hall–Kier alpha value is -3.89. The smallest absolute Gasteiger partial charge is 0.288 e. The van der Waals surface area contributed by atoms with E-state index in [1.807, 2.05) is 61.8 Å². The summed E-state index contributed by atoms with van der Waals surface area (Å²) in [6, 6.07) is 15.4. The van der Waals surface area contributed by atoms with Crippen molar-refractivity contribution >= 4 is 40.1 Å². The Morgan fingerprint density at radius 3 is 2.50 bits per heavy atom. The van der Waals surface area contributed by atoms with Crippen molar-refractivity contribution in [3.05, 3.63) is 88.1 Å². The molecule has 10 heteroatoms. The predicted molar refractivity (Wildman–Crippen MR) is 153 cm³/mol. The third-order valence-corrected chi connectivity index (χ3v) is 7.48. The normalized spacial score (nSPS) is 14.0. The number of hydrogen-bond acceptors (Lipinski definition) is 8. The first-order valence-corrected chi connectivity index (χ1v) is 13.9. The fourth-order valence-electron chi connectivity index (χ4n) is 4.51. The van der Waals surface area contributed by atoms with E-state index in [0.29, 0.717) is 12.1 Å². The van der Waals surface area contributed by atoms with Crippen LogP contribution in [0.25, 0.3) is 11.0 Å². The number of aryl methyl sites for hydroxylation is 1. The van der Waals surface area contributed by atoms with E-state index >= 15 is 0 Å². The minimum absolute atomic E-state index is 0.0399. The second kappa shape index (κ2) is 11.7. The van der Waals surface area contributed by atoms with Crippen LogP contribution in [-0.4, -0.2) is 58.2 Å². The van der Waals surface area contributed by atoms with E-state index < -0.39 is 0 Å². The number of thioether (sulfide) groups is 1. The van der Waals surface area contributed by atoms with Gasteiger partial charge in [-0.1, -0.05) is 6.92 Å². The molecular formula is C28H31N7O2S. The molecule has 4 heterocycles. The van der Waals surface area contributed by atoms with Crippen LogP contribution in [0.15, 0.2) is 70.6 Å². The van der Waals surface area contributed by atoms with Crippen LogP contribution in [0.5, 0.6) is 0 Å². The van der Waals surface area contributed by atoms with Gasteiger partial charge in [0.15, 0.2) is 0 Å². The summed E-state index contributed by atoms with van der Waals surface area (Å²) < 4.78 is 0. The maximum absolute atomic E-state index is 12.5. The summed E-state index contributed by atoms with van der Waals surface area (Å²) in [5.41, 5.74) is 11.2. The van der Waals surface area contributed by atoms with Crippen LogP contribution >= 0.6 is 11.8 Å². The highest BCUT2D eigenvalue weighted by molar-refractivity contribution is 7.98. The van der Waals surface area contributed by atoms with Gasteiger partial charge in [0.1, 0.15) is 5.69 Å². The number of anilines is 2. The first-order chi connectivity index (χ1) is 18.5. The molecule has 4 aromatic rings. The predicted octanol–water partition coefficient (Wildman–Crippen LogP) is 3.68. The van der Waals surface area contributed by atoms with Crippen LogP contribution in [0, 0.1) is 0 Å². The number of fused-ring (bicyclic) bond motifs is 1. The minimum Gasteiger partial charge on any atom is -0.368 e. The molecule has 3 N–H and O–H groups in total. The van der Waals surface area contributed by atoms with Gasteiger partial charge in [0.05, 0.1) is 28.6 Å². The summed E-state index contributed by atoms with van der Waals surface area (Å²) in [5, 5.41) is 0. The monoisotopic (exact) mass is 529 g/mol. The van der Waals surface area contributed by atoms with E-state index in [1.165, 1.54) is 0 Å². The van der Waals surface area contributed by atoms with E-state index in [0.717, 1.165) is 71.2 Å². The van der Waals surface area contributed by atoms with Crippen molar-refractivity contribution in [2.75, 3.05) is 42.8 Å². The van der Waals surface area contributed by atoms with Crippen LogP contribution in [0.2, 0.25) is 0 Å². The highest BCUT2D eigenvalue weighted by Gasteiger charge is 2.19. The van der Waals surface area contributed by atoms with Crippen molar-refractivity contribution in [3.8, 4) is 0 Å². The molecule has 1 amide bonds. The van der Waals surface area contributed by atoms with Gasteiger partial charge in [0.2, 0.25) is 0 Å². The van der Waals surface area contributed by atoms with Gasteiger partial charge in [-0.15, -0.1) is 11.8 Å². The molecule has 196 valence electrons. The standard InChI is InChI=1S/C28H31N7O2S/c1-3-20-15-25-26(31-27(20)36)14-19(16-29-25)18-34-10-12-35(13-11-34)22-6-9-24(30-17-22)28(37)33-32-21-4-7-23(38-2)8-5-21/h4-9,14-17,32H,3,10-13,18H2,1-2H3,(H,31,36)(H,33,37). The number of carbonyl (C=O) groups is 1. The Morgan fingerprint density at radius 1 is 1.03 bits per heavy atom. The number of carbonyl (C=O) groups excluding carboxylic acids is 1. The van der Waals surface area contributed by atoms with Gasteiger partial charge in [0.25, 0.3) is 11.5 Å². The van der Waals surface area contributed by atoms with Crippen LogP contribution in [-0.2, 0) is 13.0 Å². The summed E-state index contributed by atoms with van der Waals surface area (Å²) in [4.78, 5) is 42.4. The van der Waals surface area contributed by atoms with E-state index in [1.54, 1.807) is 24.0 Å². The highest BCUT2D eigenvalue weighted by atomic mass is 32.2. The SMILES string of the molecule is CCc1cc2ncc(CN3CCN(c4ccc(C(=O)NNc5ccc(SC)cc5)nc4)CC3)cc2[nH]c1=O. The zero-order valence-electron chi connectivity index (χ0n) is 21.5. The van der Waals surface area contributed by atoms with Gasteiger partial charge in [0, 0.05) is 49.4 Å². The molecule has 38 heavy (non-hydrogen) atoms. The zero-order chi connectivity index (χ0) is 26.5. The summed E-state index contributed by atoms with van der Waals surface area (Å²) in [6.07, 6.45) is 6.37. The second-order valence-electron chi connectivity index (χ2n) is 9.23. The molecule has 1 aliphatic heterocycles. The summed E-state index contributed by atoms with van der Waals surface area (Å²) in [5.74, 6) is -0.286. The molecule has 0 saturated carbocycles. The third-order valence-electron chi connectivity index (χ3n) is 6.74. The number of aromatic amines is 1. The van der Waals surface area contributed by atoms with Crippen molar-refractivity contribution < 1.29 is 4.79 Å². The number of nitrogens with one attached hydrogen (secondary N) is 3. The summed E-state index contributed by atoms with van der Waals surface area (Å²) in [6.45, 7) is 6.25. The highest BCUT2D eigenvalue weighted by Crippen LogP contribution is 2.19. The quantitative estimate of drug-likeness (QED) is 0.235.